The topological polar surface area (TPSA) is 274 Å². The van der Waals surface area contributed by atoms with E-state index in [2.05, 4.69) is 150 Å². The summed E-state index contributed by atoms with van der Waals surface area (Å²) in [6, 6.07) is 38.0. The highest BCUT2D eigenvalue weighted by Gasteiger charge is 2.43. The molecule has 7 aromatic rings. The van der Waals surface area contributed by atoms with Gasteiger partial charge in [-0.05, 0) is 209 Å². The number of ether oxygens (including phenoxy) is 3. The molecule has 106 heavy (non-hydrogen) atoms. The molecule has 0 heterocycles. The van der Waals surface area contributed by atoms with E-state index in [0.29, 0.717) is 44.3 Å². The summed E-state index contributed by atoms with van der Waals surface area (Å²) in [5.41, 5.74) is 19.0. The van der Waals surface area contributed by atoms with Crippen LogP contribution in [0.5, 0.6) is 17.2 Å². The number of rotatable bonds is 11. The monoisotopic (exact) mass is 1450 g/mol. The van der Waals surface area contributed by atoms with Crippen LogP contribution in [0.2, 0.25) is 0 Å². The normalized spacial score (nSPS) is 17.2. The second-order valence-corrected chi connectivity index (χ2v) is 35.9. The van der Waals surface area contributed by atoms with Crippen LogP contribution in [0.15, 0.2) is 121 Å². The van der Waals surface area contributed by atoms with Gasteiger partial charge in [-0.3, -0.25) is 0 Å². The lowest BCUT2D eigenvalue weighted by Gasteiger charge is -2.43. The second kappa shape index (κ2) is 34.3. The Morgan fingerprint density at radius 1 is 0.321 bits per heavy atom. The lowest BCUT2D eigenvalue weighted by atomic mass is 9.61. The number of hydrogen-bond donors (Lipinski definition) is 12. The van der Waals surface area contributed by atoms with Crippen LogP contribution in [-0.2, 0) is 48.7 Å². The molecule has 0 aromatic heterocycles. The predicted octanol–water partition coefficient (Wildman–Crippen LogP) is 8.96. The maximum absolute atomic E-state index is 9.68. The van der Waals surface area contributed by atoms with Crippen molar-refractivity contribution in [2.24, 2.45) is 0 Å². The highest BCUT2D eigenvalue weighted by molar-refractivity contribution is 6.61. The third-order valence-corrected chi connectivity index (χ3v) is 22.9. The van der Waals surface area contributed by atoms with Gasteiger partial charge in [0, 0.05) is 36.3 Å². The molecule has 0 unspecified atom stereocenters. The first kappa shape index (κ1) is 88.6. The van der Waals surface area contributed by atoms with Crippen LogP contribution in [0, 0.1) is 6.92 Å². The number of nitrogens with zero attached hydrogens (tertiary/aromatic N) is 1. The summed E-state index contributed by atoms with van der Waals surface area (Å²) >= 11 is 0. The van der Waals surface area contributed by atoms with Crippen LogP contribution in [-0.4, -0.2) is 138 Å². The van der Waals surface area contributed by atoms with Crippen LogP contribution in [0.1, 0.15) is 239 Å². The second-order valence-electron chi connectivity index (χ2n) is 35.9. The van der Waals surface area contributed by atoms with Crippen LogP contribution in [0.4, 0.5) is 5.69 Å². The van der Waals surface area contributed by atoms with E-state index in [9.17, 15) is 50.2 Å². The van der Waals surface area contributed by atoms with Gasteiger partial charge in [-0.15, -0.1) is 0 Å². The lowest BCUT2D eigenvalue weighted by Crippen LogP contribution is -2.40. The lowest BCUT2D eigenvalue weighted by molar-refractivity contribution is 0.328. The molecule has 7 aromatic carbocycles. The predicted molar refractivity (Wildman–Crippen MR) is 442 cm³/mol. The van der Waals surface area contributed by atoms with Crippen molar-refractivity contribution in [2.45, 2.75) is 239 Å². The summed E-state index contributed by atoms with van der Waals surface area (Å²) in [6.45, 7) is 44.0. The fourth-order valence-corrected chi connectivity index (χ4v) is 15.2. The van der Waals surface area contributed by atoms with Crippen molar-refractivity contribution >= 4 is 81.2 Å². The molecule has 0 spiro atoms. The van der Waals surface area contributed by atoms with Gasteiger partial charge in [-0.1, -0.05) is 234 Å². The Morgan fingerprint density at radius 3 is 1.02 bits per heavy atom. The Kier molecular flexibility index (Phi) is 28.6. The molecule has 4 aliphatic carbocycles. The minimum absolute atomic E-state index is 0.0563. The summed E-state index contributed by atoms with van der Waals surface area (Å²) in [5.74, 6) is 2.03. The van der Waals surface area contributed by atoms with Crippen LogP contribution >= 0.6 is 0 Å². The molecule has 0 saturated carbocycles. The molecule has 4 aliphatic rings. The first-order valence-electron chi connectivity index (χ1n) is 37.2. The van der Waals surface area contributed by atoms with Gasteiger partial charge in [-0.25, -0.2) is 0 Å². The van der Waals surface area contributed by atoms with Gasteiger partial charge >= 0.3 is 42.7 Å². The number of anilines is 1. The van der Waals surface area contributed by atoms with Crippen molar-refractivity contribution in [3.05, 3.63) is 177 Å². The zero-order chi connectivity index (χ0) is 80.2. The highest BCUT2D eigenvalue weighted by Crippen LogP contribution is 2.50. The number of aryl methyl sites for hydroxylation is 1. The van der Waals surface area contributed by atoms with Gasteiger partial charge in [0.15, 0.2) is 0 Å². The fraction of sp³-hybridized carbons (Fsp3) is 0.500. The third-order valence-electron chi connectivity index (χ3n) is 22.9. The van der Waals surface area contributed by atoms with E-state index < -0.39 is 42.7 Å². The molecule has 12 N–H and O–H groups in total. The molecule has 0 aliphatic heterocycles. The van der Waals surface area contributed by atoms with E-state index in [4.69, 9.17) is 24.3 Å². The van der Waals surface area contributed by atoms with E-state index in [1.165, 1.54) is 57.3 Å². The van der Waals surface area contributed by atoms with Crippen molar-refractivity contribution in [3.63, 3.8) is 0 Å². The molecule has 0 saturated heterocycles. The van der Waals surface area contributed by atoms with Gasteiger partial charge in [-0.2, -0.15) is 0 Å². The number of fused-ring (bicyclic) bond motifs is 4. The summed E-state index contributed by atoms with van der Waals surface area (Å²) in [6.07, 6.45) is 9.12. The Morgan fingerprint density at radius 2 is 0.642 bits per heavy atom. The van der Waals surface area contributed by atoms with Crippen molar-refractivity contribution in [1.29, 1.82) is 0 Å². The third kappa shape index (κ3) is 21.0. The van der Waals surface area contributed by atoms with Crippen LogP contribution in [0.25, 0.3) is 11.1 Å². The van der Waals surface area contributed by atoms with Crippen LogP contribution in [0.3, 0.4) is 0 Å². The van der Waals surface area contributed by atoms with Gasteiger partial charge in [0.1, 0.15) is 17.2 Å². The Bertz CT molecular complexity index is 4070. The van der Waals surface area contributed by atoms with Gasteiger partial charge in [0.25, 0.3) is 0 Å². The van der Waals surface area contributed by atoms with E-state index in [1.54, 1.807) is 57.7 Å². The minimum Gasteiger partial charge on any atom is -0.497 e. The van der Waals surface area contributed by atoms with Crippen molar-refractivity contribution in [1.82, 2.24) is 0 Å². The maximum atomic E-state index is 9.68. The first-order chi connectivity index (χ1) is 48.7. The molecular weight excluding hydrogens is 1330 g/mol. The number of hydrogen-bond acceptors (Lipinski definition) is 16. The maximum Gasteiger partial charge on any atom is 0.492 e. The summed E-state index contributed by atoms with van der Waals surface area (Å²) < 4.78 is 15.8. The van der Waals surface area contributed by atoms with Crippen molar-refractivity contribution in [3.8, 4) is 28.4 Å². The average Bonchev–Trinajstić information content (AvgIpc) is 0.746. The van der Waals surface area contributed by atoms with E-state index in [0.717, 1.165) is 72.2 Å². The van der Waals surface area contributed by atoms with Crippen molar-refractivity contribution < 1.29 is 74.5 Å². The SMILES string of the molecule is CC1(C)CCC(C)(C)c2cc(B(O)O)ccc21.CN(C)c1cc2c(cc1B(O)O)C(C)(C)CCC2(C)C.COc1cc2c(cc1B(O)O)C(C)(C)CCC2(C)C.COc1ccc(B(O)O)cc1-c1ccccc1.COc1ccc(B(O)O)cc1C(C)(C)C.Cc1cc2c(cc1B(O)O)C(C)(C)CCC2(C)C. The summed E-state index contributed by atoms with van der Waals surface area (Å²) in [5, 5.41) is 112. The molecular formula is C84H123B6NO15. The van der Waals surface area contributed by atoms with Crippen LogP contribution < -0.4 is 51.9 Å². The van der Waals surface area contributed by atoms with E-state index >= 15 is 0 Å². The summed E-state index contributed by atoms with van der Waals surface area (Å²) in [4.78, 5) is 1.95. The molecule has 0 radical (unpaired) electrons. The summed E-state index contributed by atoms with van der Waals surface area (Å²) in [7, 11) is 0.0611. The smallest absolute Gasteiger partial charge is 0.492 e. The molecule has 0 fully saturated rings. The molecule has 0 amide bonds. The molecule has 22 heteroatoms. The zero-order valence-corrected chi connectivity index (χ0v) is 68.2. The Balaban J connectivity index is 0.000000200. The van der Waals surface area contributed by atoms with Gasteiger partial charge in [0.05, 0.1) is 21.3 Å². The molecule has 16 nitrogen and oxygen atoms in total. The molecule has 11 rings (SSSR count). The standard InChI is InChI=1S/C16H26BNO2.C15H23BO3.C15H23BO2.C14H21BO2.C13H13BO3.C11H17BO3/c1-15(2)7-8-16(3,4)12-10-14(18(5)6)13(17(19)20)9-11(12)15;1-14(2)6-7-15(3,4)11-9-13(19-5)12(16(17)18)8-10(11)14;1-10-8-11-12(9-13(10)16(17)18)15(4,5)7-6-14(11,2)3;1-13(2)7-8-14(3,4)12-9-10(15(16)17)5-6-11(12)13;1-17-13-8-7-11(14(15)16)9-12(13)10-5-3-2-4-6-10;1-11(2,3)9-7-8(12(13)14)5-6-10(9)15-4/h9-10,19-20H,7-8H2,1-6H3;8-9,17-18H,6-7H2,1-5H3;8-9,17-18H,6-7H2,1-5H3;5-6,9,16-17H,7-8H2,1-4H3;2-9,15-16H,1H3;5-7,13-14H,1-4H3. The quantitative estimate of drug-likeness (QED) is 0.0539. The highest BCUT2D eigenvalue weighted by atomic mass is 16.5. The van der Waals surface area contributed by atoms with E-state index in [-0.39, 0.29) is 48.7 Å². The Hall–Kier alpha value is -6.35. The first-order valence-corrected chi connectivity index (χ1v) is 37.2. The fourth-order valence-electron chi connectivity index (χ4n) is 15.2. The Labute approximate surface area is 636 Å². The number of methoxy groups -OCH3 is 3. The number of benzene rings is 7. The molecule has 572 valence electrons. The molecule has 0 atom stereocenters. The molecule has 0 bridgehead atoms. The zero-order valence-electron chi connectivity index (χ0n) is 68.2. The van der Waals surface area contributed by atoms with E-state index in [1.807, 2.05) is 92.6 Å². The average molecular weight is 1450 g/mol. The van der Waals surface area contributed by atoms with Crippen molar-refractivity contribution in [2.75, 3.05) is 40.3 Å². The van der Waals surface area contributed by atoms with Gasteiger partial charge < -0.3 is 79.4 Å². The largest absolute Gasteiger partial charge is 0.497 e. The van der Waals surface area contributed by atoms with Gasteiger partial charge in [0.2, 0.25) is 0 Å². The minimum atomic E-state index is -1.50.